The second kappa shape index (κ2) is 7.62. The van der Waals surface area contributed by atoms with E-state index in [1.807, 2.05) is 20.8 Å². The maximum atomic E-state index is 12.2. The molecule has 2 saturated heterocycles. The lowest BCUT2D eigenvalue weighted by Crippen LogP contribution is -2.58. The number of rotatable bonds is 3. The van der Waals surface area contributed by atoms with Crippen LogP contribution in [0.2, 0.25) is 0 Å². The first-order valence-electron chi connectivity index (χ1n) is 8.39. The molecule has 0 spiro atoms. The molecule has 2 aliphatic rings. The summed E-state index contributed by atoms with van der Waals surface area (Å²) in [5.41, 5.74) is 5.49. The molecule has 2 fully saturated rings. The van der Waals surface area contributed by atoms with Gasteiger partial charge in [-0.3, -0.25) is 4.90 Å². The van der Waals surface area contributed by atoms with E-state index in [0.717, 1.165) is 39.1 Å². The highest BCUT2D eigenvalue weighted by Gasteiger charge is 2.32. The number of nitrogens with zero attached hydrogens (tertiary/aromatic N) is 2. The van der Waals surface area contributed by atoms with Gasteiger partial charge in [-0.05, 0) is 39.5 Å². The number of piperazine rings is 1. The highest BCUT2D eigenvalue weighted by atomic mass is 16.6. The third kappa shape index (κ3) is 5.11. The van der Waals surface area contributed by atoms with Crippen molar-refractivity contribution in [3.63, 3.8) is 0 Å². The summed E-state index contributed by atoms with van der Waals surface area (Å²) in [5.74, 6) is 0.691. The van der Waals surface area contributed by atoms with Gasteiger partial charge in [0.2, 0.25) is 0 Å². The van der Waals surface area contributed by atoms with E-state index in [4.69, 9.17) is 15.2 Å². The fourth-order valence-corrected chi connectivity index (χ4v) is 3.11. The van der Waals surface area contributed by atoms with Gasteiger partial charge in [0.15, 0.2) is 0 Å². The molecule has 0 radical (unpaired) electrons. The molecule has 2 rings (SSSR count). The van der Waals surface area contributed by atoms with Crippen molar-refractivity contribution in [2.24, 2.45) is 11.7 Å². The molecule has 0 aromatic heterocycles. The lowest BCUT2D eigenvalue weighted by molar-refractivity contribution is -0.00386. The summed E-state index contributed by atoms with van der Waals surface area (Å²) >= 11 is 0. The molecular weight excluding hydrogens is 282 g/mol. The Bertz CT molecular complexity index is 364. The van der Waals surface area contributed by atoms with Crippen LogP contribution < -0.4 is 5.73 Å². The number of ether oxygens (including phenoxy) is 2. The SMILES string of the molecule is CC(C)(C)OC(=O)N1CCN(CC2CCOCC2)C(CN)C1. The van der Waals surface area contributed by atoms with Gasteiger partial charge in [0.05, 0.1) is 0 Å². The Balaban J connectivity index is 1.86. The van der Waals surface area contributed by atoms with Gasteiger partial charge in [-0.1, -0.05) is 0 Å². The van der Waals surface area contributed by atoms with Crippen LogP contribution in [0.3, 0.4) is 0 Å². The molecule has 6 nitrogen and oxygen atoms in total. The Morgan fingerprint density at radius 3 is 2.55 bits per heavy atom. The standard InChI is InChI=1S/C16H31N3O3/c1-16(2,3)22-15(20)19-7-6-18(14(10-17)12-19)11-13-4-8-21-9-5-13/h13-14H,4-12,17H2,1-3H3. The predicted octanol–water partition coefficient (Wildman–Crippen LogP) is 1.29. The van der Waals surface area contributed by atoms with Gasteiger partial charge in [0.1, 0.15) is 5.60 Å². The van der Waals surface area contributed by atoms with Gasteiger partial charge in [-0.25, -0.2) is 4.79 Å². The van der Waals surface area contributed by atoms with Crippen LogP contribution in [0.25, 0.3) is 0 Å². The van der Waals surface area contributed by atoms with Gasteiger partial charge < -0.3 is 20.1 Å². The van der Waals surface area contributed by atoms with Gasteiger partial charge in [-0.15, -0.1) is 0 Å². The van der Waals surface area contributed by atoms with Crippen LogP contribution in [0.1, 0.15) is 33.6 Å². The average Bonchev–Trinajstić information content (AvgIpc) is 2.47. The molecule has 0 aromatic rings. The Hall–Kier alpha value is -0.850. The number of carbonyl (C=O) groups excluding carboxylic acids is 1. The van der Waals surface area contributed by atoms with Crippen LogP contribution in [-0.2, 0) is 9.47 Å². The summed E-state index contributed by atoms with van der Waals surface area (Å²) in [6, 6.07) is 0.226. The van der Waals surface area contributed by atoms with E-state index in [0.29, 0.717) is 25.6 Å². The number of hydrogen-bond donors (Lipinski definition) is 1. The van der Waals surface area contributed by atoms with Crippen LogP contribution in [0.4, 0.5) is 4.79 Å². The minimum absolute atomic E-state index is 0.225. The second-order valence-corrected chi connectivity index (χ2v) is 7.37. The first-order chi connectivity index (χ1) is 10.4. The first kappa shape index (κ1) is 17.5. The van der Waals surface area contributed by atoms with E-state index < -0.39 is 5.60 Å². The fourth-order valence-electron chi connectivity index (χ4n) is 3.11. The zero-order valence-corrected chi connectivity index (χ0v) is 14.2. The van der Waals surface area contributed by atoms with Crippen molar-refractivity contribution in [2.45, 2.75) is 45.3 Å². The number of nitrogens with two attached hydrogens (primary N) is 1. The lowest BCUT2D eigenvalue weighted by Gasteiger charge is -2.42. The molecule has 22 heavy (non-hydrogen) atoms. The van der Waals surface area contributed by atoms with Crippen LogP contribution in [0.15, 0.2) is 0 Å². The Labute approximate surface area is 133 Å². The van der Waals surface area contributed by atoms with E-state index in [9.17, 15) is 4.79 Å². The van der Waals surface area contributed by atoms with E-state index >= 15 is 0 Å². The summed E-state index contributed by atoms with van der Waals surface area (Å²) in [6.45, 7) is 11.3. The topological polar surface area (TPSA) is 68.0 Å². The zero-order chi connectivity index (χ0) is 16.2. The molecule has 0 bridgehead atoms. The Kier molecular flexibility index (Phi) is 6.06. The maximum absolute atomic E-state index is 12.2. The van der Waals surface area contributed by atoms with E-state index in [-0.39, 0.29) is 12.1 Å². The molecule has 6 heteroatoms. The number of carbonyl (C=O) groups is 1. The molecule has 0 aliphatic carbocycles. The van der Waals surface area contributed by atoms with Crippen molar-refractivity contribution >= 4 is 6.09 Å². The quantitative estimate of drug-likeness (QED) is 0.850. The minimum atomic E-state index is -0.450. The minimum Gasteiger partial charge on any atom is -0.444 e. The molecule has 0 saturated carbocycles. The van der Waals surface area contributed by atoms with Crippen LogP contribution >= 0.6 is 0 Å². The zero-order valence-electron chi connectivity index (χ0n) is 14.2. The largest absolute Gasteiger partial charge is 0.444 e. The normalized spacial score (nSPS) is 25.3. The highest BCUT2D eigenvalue weighted by molar-refractivity contribution is 5.68. The first-order valence-corrected chi connectivity index (χ1v) is 8.39. The van der Waals surface area contributed by atoms with Gasteiger partial charge >= 0.3 is 6.09 Å². The summed E-state index contributed by atoms with van der Waals surface area (Å²) in [4.78, 5) is 16.4. The van der Waals surface area contributed by atoms with Crippen LogP contribution in [0, 0.1) is 5.92 Å². The monoisotopic (exact) mass is 313 g/mol. The Morgan fingerprint density at radius 2 is 1.95 bits per heavy atom. The van der Waals surface area contributed by atoms with Crippen molar-refractivity contribution in [1.29, 1.82) is 0 Å². The molecule has 0 aromatic carbocycles. The molecule has 2 heterocycles. The molecular formula is C16H31N3O3. The molecule has 2 N–H and O–H groups in total. The van der Waals surface area contributed by atoms with E-state index in [1.54, 1.807) is 4.90 Å². The summed E-state index contributed by atoms with van der Waals surface area (Å²) in [5, 5.41) is 0. The van der Waals surface area contributed by atoms with Crippen molar-refractivity contribution < 1.29 is 14.3 Å². The summed E-state index contributed by atoms with van der Waals surface area (Å²) in [6.07, 6.45) is 2.03. The second-order valence-electron chi connectivity index (χ2n) is 7.37. The predicted molar refractivity (Wildman–Crippen MR) is 85.8 cm³/mol. The third-order valence-corrected chi connectivity index (χ3v) is 4.36. The van der Waals surface area contributed by atoms with Crippen molar-refractivity contribution in [3.8, 4) is 0 Å². The highest BCUT2D eigenvalue weighted by Crippen LogP contribution is 2.20. The van der Waals surface area contributed by atoms with Crippen LogP contribution in [0.5, 0.6) is 0 Å². The summed E-state index contributed by atoms with van der Waals surface area (Å²) in [7, 11) is 0. The number of amides is 1. The molecule has 1 amide bonds. The smallest absolute Gasteiger partial charge is 0.410 e. The van der Waals surface area contributed by atoms with Gasteiger partial charge in [0, 0.05) is 52.0 Å². The molecule has 2 aliphatic heterocycles. The van der Waals surface area contributed by atoms with E-state index in [1.165, 1.54) is 0 Å². The maximum Gasteiger partial charge on any atom is 0.410 e. The van der Waals surface area contributed by atoms with Gasteiger partial charge in [0.25, 0.3) is 0 Å². The van der Waals surface area contributed by atoms with Crippen molar-refractivity contribution in [3.05, 3.63) is 0 Å². The van der Waals surface area contributed by atoms with Crippen molar-refractivity contribution in [2.75, 3.05) is 45.9 Å². The van der Waals surface area contributed by atoms with Gasteiger partial charge in [-0.2, -0.15) is 0 Å². The van der Waals surface area contributed by atoms with Crippen molar-refractivity contribution in [1.82, 2.24) is 9.80 Å². The Morgan fingerprint density at radius 1 is 1.27 bits per heavy atom. The van der Waals surface area contributed by atoms with E-state index in [2.05, 4.69) is 4.90 Å². The summed E-state index contributed by atoms with van der Waals surface area (Å²) < 4.78 is 10.9. The lowest BCUT2D eigenvalue weighted by atomic mass is 9.98. The van der Waals surface area contributed by atoms with Crippen LogP contribution in [-0.4, -0.2) is 73.5 Å². The molecule has 1 atom stereocenters. The molecule has 1 unspecified atom stereocenters. The number of hydrogen-bond acceptors (Lipinski definition) is 5. The fraction of sp³-hybridized carbons (Fsp3) is 0.938. The molecule has 128 valence electrons. The average molecular weight is 313 g/mol. The third-order valence-electron chi connectivity index (χ3n) is 4.36.